The number of amides is 1. The van der Waals surface area contributed by atoms with Crippen molar-refractivity contribution in [1.82, 2.24) is 4.90 Å². The Balaban J connectivity index is 2.10. The fourth-order valence-electron chi connectivity index (χ4n) is 2.34. The molecule has 2 atom stereocenters. The molecule has 0 saturated carbocycles. The van der Waals surface area contributed by atoms with Crippen molar-refractivity contribution in [3.63, 3.8) is 0 Å². The highest BCUT2D eigenvalue weighted by molar-refractivity contribution is 5.69. The summed E-state index contributed by atoms with van der Waals surface area (Å²) in [4.78, 5) is 13.4. The van der Waals surface area contributed by atoms with Gasteiger partial charge in [-0.25, -0.2) is 9.18 Å². The Morgan fingerprint density at radius 2 is 2.00 bits per heavy atom. The van der Waals surface area contributed by atoms with Gasteiger partial charge < -0.3 is 14.7 Å². The Bertz CT molecular complexity index is 498. The number of halogens is 1. The van der Waals surface area contributed by atoms with Crippen LogP contribution in [0.2, 0.25) is 0 Å². The van der Waals surface area contributed by atoms with E-state index in [4.69, 9.17) is 4.74 Å². The molecule has 5 heteroatoms. The van der Waals surface area contributed by atoms with E-state index in [1.165, 1.54) is 11.0 Å². The molecule has 1 aliphatic rings. The lowest BCUT2D eigenvalue weighted by molar-refractivity contribution is 0.0270. The number of aliphatic hydroxyl groups excluding tert-OH is 1. The summed E-state index contributed by atoms with van der Waals surface area (Å²) in [5, 5.41) is 10.1. The molecule has 1 aromatic rings. The molecule has 1 N–H and O–H groups in total. The first-order valence-electron chi connectivity index (χ1n) is 6.68. The van der Waals surface area contributed by atoms with Gasteiger partial charge in [-0.3, -0.25) is 0 Å². The van der Waals surface area contributed by atoms with E-state index in [9.17, 15) is 14.3 Å². The van der Waals surface area contributed by atoms with Gasteiger partial charge in [0.2, 0.25) is 0 Å². The summed E-state index contributed by atoms with van der Waals surface area (Å²) in [6.07, 6.45) is -1.25. The Hall–Kier alpha value is -1.62. The zero-order chi connectivity index (χ0) is 14.9. The summed E-state index contributed by atoms with van der Waals surface area (Å²) in [5.74, 6) is -0.772. The van der Waals surface area contributed by atoms with Crippen molar-refractivity contribution in [2.24, 2.45) is 0 Å². The number of hydrogen-bond acceptors (Lipinski definition) is 3. The molecule has 0 bridgehead atoms. The van der Waals surface area contributed by atoms with Crippen LogP contribution in [0.15, 0.2) is 24.3 Å². The van der Waals surface area contributed by atoms with Crippen LogP contribution in [0.25, 0.3) is 0 Å². The number of likely N-dealkylation sites (tertiary alicyclic amines) is 1. The average molecular weight is 281 g/mol. The normalized spacial score (nSPS) is 22.9. The SMILES string of the molecule is CC(C)(C)OC(=O)N1C[C@@H](O)[C@H](c2ccccc2F)C1. The lowest BCUT2D eigenvalue weighted by Gasteiger charge is -2.24. The van der Waals surface area contributed by atoms with Crippen LogP contribution in [0.3, 0.4) is 0 Å². The lowest BCUT2D eigenvalue weighted by Crippen LogP contribution is -2.35. The van der Waals surface area contributed by atoms with E-state index in [0.29, 0.717) is 5.56 Å². The number of benzene rings is 1. The van der Waals surface area contributed by atoms with Crippen LogP contribution in [0.1, 0.15) is 32.3 Å². The third kappa shape index (κ3) is 3.28. The van der Waals surface area contributed by atoms with Crippen molar-refractivity contribution in [1.29, 1.82) is 0 Å². The highest BCUT2D eigenvalue weighted by atomic mass is 19.1. The largest absolute Gasteiger partial charge is 0.444 e. The zero-order valence-corrected chi connectivity index (χ0v) is 12.0. The van der Waals surface area contributed by atoms with Crippen LogP contribution in [0.4, 0.5) is 9.18 Å². The molecule has 1 aromatic carbocycles. The van der Waals surface area contributed by atoms with E-state index < -0.39 is 23.7 Å². The topological polar surface area (TPSA) is 49.8 Å². The summed E-state index contributed by atoms with van der Waals surface area (Å²) in [7, 11) is 0. The van der Waals surface area contributed by atoms with Crippen LogP contribution in [-0.2, 0) is 4.74 Å². The van der Waals surface area contributed by atoms with Gasteiger partial charge in [-0.2, -0.15) is 0 Å². The maximum absolute atomic E-state index is 13.8. The lowest BCUT2D eigenvalue weighted by atomic mass is 9.96. The minimum Gasteiger partial charge on any atom is -0.444 e. The molecular weight excluding hydrogens is 261 g/mol. The molecule has 2 rings (SSSR count). The van der Waals surface area contributed by atoms with Gasteiger partial charge in [0.25, 0.3) is 0 Å². The van der Waals surface area contributed by atoms with E-state index in [0.717, 1.165) is 0 Å². The van der Waals surface area contributed by atoms with Gasteiger partial charge in [-0.05, 0) is 32.4 Å². The number of ether oxygens (including phenoxy) is 1. The average Bonchev–Trinajstić information content (AvgIpc) is 2.70. The van der Waals surface area contributed by atoms with E-state index in [-0.39, 0.29) is 18.9 Å². The third-order valence-corrected chi connectivity index (χ3v) is 3.25. The number of nitrogens with zero attached hydrogens (tertiary/aromatic N) is 1. The zero-order valence-electron chi connectivity index (χ0n) is 12.0. The molecule has 0 spiro atoms. The molecule has 0 aliphatic carbocycles. The minimum absolute atomic E-state index is 0.161. The number of carbonyl (C=O) groups is 1. The molecule has 1 aliphatic heterocycles. The summed E-state index contributed by atoms with van der Waals surface area (Å²) in [6.45, 7) is 5.77. The molecule has 1 saturated heterocycles. The number of hydrogen-bond donors (Lipinski definition) is 1. The minimum atomic E-state index is -0.778. The second-order valence-corrected chi connectivity index (χ2v) is 6.08. The van der Waals surface area contributed by atoms with Gasteiger partial charge in [0, 0.05) is 12.5 Å². The molecule has 1 amide bonds. The highest BCUT2D eigenvalue weighted by Crippen LogP contribution is 2.30. The Morgan fingerprint density at radius 1 is 1.35 bits per heavy atom. The fraction of sp³-hybridized carbons (Fsp3) is 0.533. The first-order valence-corrected chi connectivity index (χ1v) is 6.68. The Labute approximate surface area is 118 Å². The number of rotatable bonds is 1. The van der Waals surface area contributed by atoms with Crippen LogP contribution in [0, 0.1) is 5.82 Å². The van der Waals surface area contributed by atoms with Crippen molar-refractivity contribution in [3.8, 4) is 0 Å². The van der Waals surface area contributed by atoms with Gasteiger partial charge in [0.05, 0.1) is 12.6 Å². The standard InChI is InChI=1S/C15H20FNO3/c1-15(2,3)20-14(19)17-8-11(13(18)9-17)10-6-4-5-7-12(10)16/h4-7,11,13,18H,8-9H2,1-3H3/t11-,13+/m0/s1. The van der Waals surface area contributed by atoms with Gasteiger partial charge in [-0.1, -0.05) is 18.2 Å². The quantitative estimate of drug-likeness (QED) is 0.860. The Morgan fingerprint density at radius 3 is 2.60 bits per heavy atom. The molecule has 1 heterocycles. The molecule has 0 aromatic heterocycles. The number of β-amino-alcohol motifs (C(OH)–C–C–N with tert-alkyl or cyclic N) is 1. The summed E-state index contributed by atoms with van der Waals surface area (Å²) in [6, 6.07) is 6.33. The third-order valence-electron chi connectivity index (χ3n) is 3.25. The predicted molar refractivity (Wildman–Crippen MR) is 73.0 cm³/mol. The summed E-state index contributed by atoms with van der Waals surface area (Å²) in [5.41, 5.74) is -0.149. The first-order chi connectivity index (χ1) is 9.28. The number of carbonyl (C=O) groups excluding carboxylic acids is 1. The van der Waals surface area contributed by atoms with Gasteiger partial charge >= 0.3 is 6.09 Å². The van der Waals surface area contributed by atoms with Crippen molar-refractivity contribution < 1.29 is 19.0 Å². The second-order valence-electron chi connectivity index (χ2n) is 6.08. The van der Waals surface area contributed by atoms with Crippen molar-refractivity contribution in [2.75, 3.05) is 13.1 Å². The molecule has 4 nitrogen and oxygen atoms in total. The van der Waals surface area contributed by atoms with Crippen LogP contribution in [-0.4, -0.2) is 40.9 Å². The van der Waals surface area contributed by atoms with Crippen molar-refractivity contribution in [2.45, 2.75) is 38.4 Å². The van der Waals surface area contributed by atoms with Crippen LogP contribution >= 0.6 is 0 Å². The van der Waals surface area contributed by atoms with Crippen LogP contribution in [0.5, 0.6) is 0 Å². The predicted octanol–water partition coefficient (Wildman–Crippen LogP) is 2.52. The molecule has 0 radical (unpaired) electrons. The maximum atomic E-state index is 13.8. The molecular formula is C15H20FNO3. The Kier molecular flexibility index (Phi) is 3.99. The van der Waals surface area contributed by atoms with Crippen molar-refractivity contribution >= 4 is 6.09 Å². The summed E-state index contributed by atoms with van der Waals surface area (Å²) >= 11 is 0. The molecule has 20 heavy (non-hydrogen) atoms. The van der Waals surface area contributed by atoms with E-state index >= 15 is 0 Å². The van der Waals surface area contributed by atoms with Crippen molar-refractivity contribution in [3.05, 3.63) is 35.6 Å². The second kappa shape index (κ2) is 5.40. The van der Waals surface area contributed by atoms with Gasteiger partial charge in [0.15, 0.2) is 0 Å². The van der Waals surface area contributed by atoms with Gasteiger partial charge in [-0.15, -0.1) is 0 Å². The van der Waals surface area contributed by atoms with Crippen LogP contribution < -0.4 is 0 Å². The van der Waals surface area contributed by atoms with E-state index in [1.54, 1.807) is 39.0 Å². The highest BCUT2D eigenvalue weighted by Gasteiger charge is 2.37. The molecule has 110 valence electrons. The van der Waals surface area contributed by atoms with Gasteiger partial charge in [0.1, 0.15) is 11.4 Å². The molecule has 1 fully saturated rings. The number of aliphatic hydroxyl groups is 1. The fourth-order valence-corrected chi connectivity index (χ4v) is 2.34. The van der Waals surface area contributed by atoms with E-state index in [1.807, 2.05) is 0 Å². The monoisotopic (exact) mass is 281 g/mol. The van der Waals surface area contributed by atoms with E-state index in [2.05, 4.69) is 0 Å². The summed E-state index contributed by atoms with van der Waals surface area (Å²) < 4.78 is 19.0. The molecule has 0 unspecified atom stereocenters. The smallest absolute Gasteiger partial charge is 0.410 e. The first kappa shape index (κ1) is 14.8. The maximum Gasteiger partial charge on any atom is 0.410 e.